The summed E-state index contributed by atoms with van der Waals surface area (Å²) in [6.07, 6.45) is 1.77. The van der Waals surface area contributed by atoms with Crippen LogP contribution < -0.4 is 5.32 Å². The first-order chi connectivity index (χ1) is 8.18. The first-order valence-electron chi connectivity index (χ1n) is 5.91. The number of hydrogen-bond donors (Lipinski definition) is 3. The van der Waals surface area contributed by atoms with Crippen LogP contribution in [-0.2, 0) is 4.79 Å². The van der Waals surface area contributed by atoms with Crippen molar-refractivity contribution in [3.05, 3.63) is 29.8 Å². The number of nitrogens with one attached hydrogen (secondary N) is 1. The van der Waals surface area contributed by atoms with E-state index in [-0.39, 0.29) is 11.7 Å². The van der Waals surface area contributed by atoms with Crippen LogP contribution in [0.25, 0.3) is 0 Å². The lowest BCUT2D eigenvalue weighted by molar-refractivity contribution is -0.140. The molecular weight excluding hydrogens is 218 g/mol. The lowest BCUT2D eigenvalue weighted by Crippen LogP contribution is -2.33. The second kappa shape index (κ2) is 5.19. The third-order valence-electron chi connectivity index (χ3n) is 3.37. The molecule has 0 radical (unpaired) electrons. The third-order valence-corrected chi connectivity index (χ3v) is 3.37. The molecule has 3 N–H and O–H groups in total. The zero-order valence-electron chi connectivity index (χ0n) is 9.60. The number of carboxylic acids is 1. The lowest BCUT2D eigenvalue weighted by Gasteiger charge is -2.28. The van der Waals surface area contributed by atoms with E-state index in [4.69, 9.17) is 0 Å². The maximum Gasteiger partial charge on any atom is 0.311 e. The number of carboxylic acid groups (broad SMARTS) is 1. The van der Waals surface area contributed by atoms with Crippen LogP contribution in [0.4, 0.5) is 0 Å². The summed E-state index contributed by atoms with van der Waals surface area (Å²) in [7, 11) is 0. The van der Waals surface area contributed by atoms with Gasteiger partial charge in [-0.15, -0.1) is 0 Å². The van der Waals surface area contributed by atoms with E-state index in [1.54, 1.807) is 24.3 Å². The molecule has 4 nitrogen and oxygen atoms in total. The number of phenolic OH excluding ortho intramolecular Hbond substituents is 1. The number of aliphatic carboxylic acids is 1. The quantitative estimate of drug-likeness (QED) is 0.743. The molecule has 1 aliphatic rings. The summed E-state index contributed by atoms with van der Waals surface area (Å²) >= 11 is 0. The minimum Gasteiger partial charge on any atom is -0.508 e. The van der Waals surface area contributed by atoms with Crippen LogP contribution in [0.15, 0.2) is 24.3 Å². The average molecular weight is 235 g/mol. The molecule has 0 spiro atoms. The predicted molar refractivity (Wildman–Crippen MR) is 64.1 cm³/mol. The van der Waals surface area contributed by atoms with Crippen molar-refractivity contribution in [1.82, 2.24) is 5.32 Å². The van der Waals surface area contributed by atoms with Gasteiger partial charge in [0, 0.05) is 0 Å². The normalized spacial score (nSPS) is 18.8. The van der Waals surface area contributed by atoms with Gasteiger partial charge in [0.25, 0.3) is 0 Å². The molecule has 1 aromatic carbocycles. The monoisotopic (exact) mass is 235 g/mol. The van der Waals surface area contributed by atoms with Crippen LogP contribution in [0.2, 0.25) is 0 Å². The molecule has 1 atom stereocenters. The number of carbonyl (C=O) groups is 1. The molecule has 1 aromatic rings. The number of piperidine rings is 1. The van der Waals surface area contributed by atoms with Gasteiger partial charge in [-0.1, -0.05) is 12.1 Å². The zero-order valence-corrected chi connectivity index (χ0v) is 9.60. The minimum absolute atomic E-state index is 0.170. The second-order valence-corrected chi connectivity index (χ2v) is 4.49. The van der Waals surface area contributed by atoms with Crippen molar-refractivity contribution >= 4 is 5.97 Å². The molecule has 1 heterocycles. The van der Waals surface area contributed by atoms with Gasteiger partial charge in [0.2, 0.25) is 0 Å². The Morgan fingerprint density at radius 1 is 1.24 bits per heavy atom. The topological polar surface area (TPSA) is 69.6 Å². The molecule has 0 amide bonds. The van der Waals surface area contributed by atoms with Crippen molar-refractivity contribution in [2.24, 2.45) is 5.92 Å². The maximum atomic E-state index is 11.4. The molecule has 0 saturated carbocycles. The van der Waals surface area contributed by atoms with Gasteiger partial charge in [-0.05, 0) is 49.5 Å². The zero-order chi connectivity index (χ0) is 12.3. The molecule has 4 heteroatoms. The van der Waals surface area contributed by atoms with Crippen molar-refractivity contribution in [3.8, 4) is 5.75 Å². The van der Waals surface area contributed by atoms with Gasteiger partial charge in [0.15, 0.2) is 0 Å². The van der Waals surface area contributed by atoms with Crippen molar-refractivity contribution in [1.29, 1.82) is 0 Å². The van der Waals surface area contributed by atoms with Gasteiger partial charge < -0.3 is 15.5 Å². The second-order valence-electron chi connectivity index (χ2n) is 4.49. The summed E-state index contributed by atoms with van der Waals surface area (Å²) in [6.45, 7) is 1.76. The predicted octanol–water partition coefficient (Wildman–Crippen LogP) is 1.56. The van der Waals surface area contributed by atoms with Crippen molar-refractivity contribution in [3.63, 3.8) is 0 Å². The van der Waals surface area contributed by atoms with Gasteiger partial charge in [-0.3, -0.25) is 4.79 Å². The minimum atomic E-state index is -0.775. The number of phenols is 1. The van der Waals surface area contributed by atoms with E-state index in [2.05, 4.69) is 5.32 Å². The van der Waals surface area contributed by atoms with Crippen LogP contribution in [0.1, 0.15) is 24.3 Å². The molecule has 17 heavy (non-hydrogen) atoms. The number of aromatic hydroxyl groups is 1. The standard InChI is InChI=1S/C13H17NO3/c15-11-3-1-9(2-4-11)12(13(16)17)10-5-7-14-8-6-10/h1-4,10,12,14-15H,5-8H2,(H,16,17). The SMILES string of the molecule is O=C(O)C(c1ccc(O)cc1)C1CCNCC1. The Morgan fingerprint density at radius 3 is 2.35 bits per heavy atom. The van der Waals surface area contributed by atoms with E-state index in [1.807, 2.05) is 0 Å². The van der Waals surface area contributed by atoms with Crippen molar-refractivity contribution < 1.29 is 15.0 Å². The van der Waals surface area contributed by atoms with Crippen molar-refractivity contribution in [2.45, 2.75) is 18.8 Å². The van der Waals surface area contributed by atoms with Crippen LogP contribution >= 0.6 is 0 Å². The van der Waals surface area contributed by atoms with Gasteiger partial charge in [-0.2, -0.15) is 0 Å². The number of hydrogen-bond acceptors (Lipinski definition) is 3. The summed E-state index contributed by atoms with van der Waals surface area (Å²) in [6, 6.07) is 6.50. The highest BCUT2D eigenvalue weighted by atomic mass is 16.4. The Hall–Kier alpha value is -1.55. The maximum absolute atomic E-state index is 11.4. The van der Waals surface area contributed by atoms with E-state index in [1.165, 1.54) is 0 Å². The Kier molecular flexibility index (Phi) is 3.64. The fraction of sp³-hybridized carbons (Fsp3) is 0.462. The first-order valence-corrected chi connectivity index (χ1v) is 5.91. The van der Waals surface area contributed by atoms with E-state index in [0.29, 0.717) is 0 Å². The van der Waals surface area contributed by atoms with E-state index in [9.17, 15) is 15.0 Å². The fourth-order valence-corrected chi connectivity index (χ4v) is 2.48. The van der Waals surface area contributed by atoms with Gasteiger partial charge >= 0.3 is 5.97 Å². The Morgan fingerprint density at radius 2 is 1.82 bits per heavy atom. The van der Waals surface area contributed by atoms with E-state index >= 15 is 0 Å². The van der Waals surface area contributed by atoms with Crippen molar-refractivity contribution in [2.75, 3.05) is 13.1 Å². The molecule has 1 saturated heterocycles. The molecule has 1 unspecified atom stereocenters. The van der Waals surface area contributed by atoms with Crippen LogP contribution in [0.3, 0.4) is 0 Å². The van der Waals surface area contributed by atoms with Crippen LogP contribution in [0, 0.1) is 5.92 Å². The highest BCUT2D eigenvalue weighted by molar-refractivity contribution is 5.76. The summed E-state index contributed by atoms with van der Waals surface area (Å²) in [5.41, 5.74) is 0.780. The Labute approximate surface area is 100 Å². The number of benzene rings is 1. The van der Waals surface area contributed by atoms with E-state index in [0.717, 1.165) is 31.5 Å². The summed E-state index contributed by atoms with van der Waals surface area (Å²) in [4.78, 5) is 11.4. The molecule has 0 bridgehead atoms. The summed E-state index contributed by atoms with van der Waals surface area (Å²) < 4.78 is 0. The summed E-state index contributed by atoms with van der Waals surface area (Å²) in [5.74, 6) is -0.887. The number of rotatable bonds is 3. The molecule has 2 rings (SSSR count). The third kappa shape index (κ3) is 2.77. The fourth-order valence-electron chi connectivity index (χ4n) is 2.48. The van der Waals surface area contributed by atoms with Crippen LogP contribution in [0.5, 0.6) is 5.75 Å². The average Bonchev–Trinajstić information content (AvgIpc) is 2.33. The summed E-state index contributed by atoms with van der Waals surface area (Å²) in [5, 5.41) is 21.8. The Bertz CT molecular complexity index is 382. The highest BCUT2D eigenvalue weighted by Gasteiger charge is 2.30. The first kappa shape index (κ1) is 11.9. The largest absolute Gasteiger partial charge is 0.508 e. The molecule has 0 aromatic heterocycles. The van der Waals surface area contributed by atoms with Crippen LogP contribution in [-0.4, -0.2) is 29.3 Å². The van der Waals surface area contributed by atoms with Gasteiger partial charge in [0.1, 0.15) is 5.75 Å². The van der Waals surface area contributed by atoms with Gasteiger partial charge in [-0.25, -0.2) is 0 Å². The van der Waals surface area contributed by atoms with E-state index < -0.39 is 11.9 Å². The molecule has 1 aliphatic heterocycles. The molecular formula is C13H17NO3. The highest BCUT2D eigenvalue weighted by Crippen LogP contribution is 2.32. The van der Waals surface area contributed by atoms with Gasteiger partial charge in [0.05, 0.1) is 5.92 Å². The smallest absolute Gasteiger partial charge is 0.311 e. The lowest BCUT2D eigenvalue weighted by atomic mass is 9.80. The molecule has 1 fully saturated rings. The molecule has 0 aliphatic carbocycles. The Balaban J connectivity index is 2.21. The molecule has 92 valence electrons.